The zero-order chi connectivity index (χ0) is 24.3. The van der Waals surface area contributed by atoms with Crippen molar-refractivity contribution in [1.82, 2.24) is 10.2 Å². The molecule has 0 radical (unpaired) electrons. The minimum Gasteiger partial charge on any atom is -0.497 e. The van der Waals surface area contributed by atoms with Crippen molar-refractivity contribution in [2.75, 3.05) is 13.7 Å². The molecular formula is C28H31ClN2O3. The quantitative estimate of drug-likeness (QED) is 0.419. The lowest BCUT2D eigenvalue weighted by molar-refractivity contribution is -0.140. The Morgan fingerprint density at radius 3 is 2.35 bits per heavy atom. The van der Waals surface area contributed by atoms with E-state index in [2.05, 4.69) is 5.32 Å². The molecule has 1 unspecified atom stereocenters. The highest BCUT2D eigenvalue weighted by atomic mass is 35.5. The van der Waals surface area contributed by atoms with Crippen LogP contribution < -0.4 is 10.1 Å². The first-order chi connectivity index (χ1) is 16.5. The Hall–Kier alpha value is -3.31. The van der Waals surface area contributed by atoms with E-state index in [0.717, 1.165) is 23.1 Å². The Balaban J connectivity index is 1.96. The monoisotopic (exact) mass is 478 g/mol. The molecule has 3 rings (SSSR count). The third kappa shape index (κ3) is 7.35. The molecule has 0 bridgehead atoms. The predicted octanol–water partition coefficient (Wildman–Crippen LogP) is 5.06. The minimum atomic E-state index is -0.660. The summed E-state index contributed by atoms with van der Waals surface area (Å²) in [4.78, 5) is 28.7. The SMILES string of the molecule is CCCNC(=O)C(Cc1ccccc1)N(Cc1cccc(OC)c1)C(=O)Cc1cccc(Cl)c1. The van der Waals surface area contributed by atoms with Crippen LogP contribution in [0, 0.1) is 0 Å². The highest BCUT2D eigenvalue weighted by Gasteiger charge is 2.30. The van der Waals surface area contributed by atoms with Gasteiger partial charge >= 0.3 is 0 Å². The van der Waals surface area contributed by atoms with E-state index in [1.807, 2.05) is 73.7 Å². The van der Waals surface area contributed by atoms with E-state index >= 15 is 0 Å². The fraction of sp³-hybridized carbons (Fsp3) is 0.286. The number of benzene rings is 3. The molecule has 3 aromatic rings. The molecule has 0 fully saturated rings. The first-order valence-electron chi connectivity index (χ1n) is 11.5. The van der Waals surface area contributed by atoms with Crippen molar-refractivity contribution in [1.29, 1.82) is 0 Å². The molecule has 3 aromatic carbocycles. The van der Waals surface area contributed by atoms with E-state index in [0.29, 0.717) is 23.7 Å². The topological polar surface area (TPSA) is 58.6 Å². The molecule has 0 saturated heterocycles. The first-order valence-corrected chi connectivity index (χ1v) is 11.9. The van der Waals surface area contributed by atoms with Crippen LogP contribution >= 0.6 is 11.6 Å². The van der Waals surface area contributed by atoms with Crippen LogP contribution in [0.1, 0.15) is 30.0 Å². The zero-order valence-corrected chi connectivity index (χ0v) is 20.4. The summed E-state index contributed by atoms with van der Waals surface area (Å²) in [7, 11) is 1.61. The number of methoxy groups -OCH3 is 1. The molecule has 0 heterocycles. The van der Waals surface area contributed by atoms with Gasteiger partial charge in [-0.25, -0.2) is 0 Å². The smallest absolute Gasteiger partial charge is 0.243 e. The molecule has 2 amide bonds. The Labute approximate surface area is 206 Å². The minimum absolute atomic E-state index is 0.141. The molecule has 0 aliphatic heterocycles. The van der Waals surface area contributed by atoms with Crippen molar-refractivity contribution in [3.05, 3.63) is 101 Å². The zero-order valence-electron chi connectivity index (χ0n) is 19.7. The average Bonchev–Trinajstić information content (AvgIpc) is 2.85. The Morgan fingerprint density at radius 1 is 0.941 bits per heavy atom. The average molecular weight is 479 g/mol. The molecule has 0 aliphatic carbocycles. The van der Waals surface area contributed by atoms with E-state index < -0.39 is 6.04 Å². The largest absolute Gasteiger partial charge is 0.497 e. The molecule has 6 heteroatoms. The van der Waals surface area contributed by atoms with Gasteiger partial charge in [-0.15, -0.1) is 0 Å². The Kier molecular flexibility index (Phi) is 9.53. The van der Waals surface area contributed by atoms with Crippen LogP contribution in [0.15, 0.2) is 78.9 Å². The molecule has 0 spiro atoms. The Bertz CT molecular complexity index is 1090. The predicted molar refractivity (Wildman–Crippen MR) is 136 cm³/mol. The van der Waals surface area contributed by atoms with Gasteiger partial charge in [0.05, 0.1) is 13.5 Å². The van der Waals surface area contributed by atoms with Gasteiger partial charge < -0.3 is 15.0 Å². The summed E-state index contributed by atoms with van der Waals surface area (Å²) in [6.45, 7) is 2.85. The van der Waals surface area contributed by atoms with E-state index in [1.165, 1.54) is 0 Å². The van der Waals surface area contributed by atoms with Gasteiger partial charge in [-0.2, -0.15) is 0 Å². The lowest BCUT2D eigenvalue weighted by Crippen LogP contribution is -2.51. The van der Waals surface area contributed by atoms with Crippen molar-refractivity contribution < 1.29 is 14.3 Å². The summed E-state index contributed by atoms with van der Waals surface area (Å²) in [5.74, 6) is 0.403. The maximum Gasteiger partial charge on any atom is 0.243 e. The molecule has 0 aromatic heterocycles. The van der Waals surface area contributed by atoms with Crippen LogP contribution in [0.25, 0.3) is 0 Å². The van der Waals surface area contributed by atoms with Crippen molar-refractivity contribution in [2.24, 2.45) is 0 Å². The number of hydrogen-bond acceptors (Lipinski definition) is 3. The van der Waals surface area contributed by atoms with Gasteiger partial charge in [0.2, 0.25) is 11.8 Å². The summed E-state index contributed by atoms with van der Waals surface area (Å²) >= 11 is 6.15. The third-order valence-electron chi connectivity index (χ3n) is 5.55. The maximum atomic E-state index is 13.7. The summed E-state index contributed by atoms with van der Waals surface area (Å²) in [6, 6.07) is 23.9. The van der Waals surface area contributed by atoms with E-state index in [1.54, 1.807) is 24.1 Å². The number of hydrogen-bond donors (Lipinski definition) is 1. The van der Waals surface area contributed by atoms with E-state index in [4.69, 9.17) is 16.3 Å². The maximum absolute atomic E-state index is 13.7. The summed E-state index contributed by atoms with van der Waals surface area (Å²) < 4.78 is 5.37. The Morgan fingerprint density at radius 2 is 1.65 bits per heavy atom. The van der Waals surface area contributed by atoms with Crippen molar-refractivity contribution in [3.63, 3.8) is 0 Å². The number of nitrogens with one attached hydrogen (secondary N) is 1. The van der Waals surface area contributed by atoms with Gasteiger partial charge in [-0.3, -0.25) is 9.59 Å². The number of carbonyl (C=O) groups is 2. The number of nitrogens with zero attached hydrogens (tertiary/aromatic N) is 1. The highest BCUT2D eigenvalue weighted by Crippen LogP contribution is 2.20. The summed E-state index contributed by atoms with van der Waals surface area (Å²) in [6.07, 6.45) is 1.38. The van der Waals surface area contributed by atoms with Gasteiger partial charge in [-0.1, -0.05) is 73.1 Å². The van der Waals surface area contributed by atoms with Crippen molar-refractivity contribution in [3.8, 4) is 5.75 Å². The molecule has 0 saturated carbocycles. The van der Waals surface area contributed by atoms with Crippen molar-refractivity contribution in [2.45, 2.75) is 38.8 Å². The molecule has 5 nitrogen and oxygen atoms in total. The normalized spacial score (nSPS) is 11.5. The van der Waals surface area contributed by atoms with Crippen molar-refractivity contribution >= 4 is 23.4 Å². The van der Waals surface area contributed by atoms with Crippen LogP contribution in [-0.4, -0.2) is 36.4 Å². The van der Waals surface area contributed by atoms with Gasteiger partial charge in [0.1, 0.15) is 11.8 Å². The number of rotatable bonds is 11. The second kappa shape index (κ2) is 12.8. The summed E-state index contributed by atoms with van der Waals surface area (Å²) in [5.41, 5.74) is 2.69. The van der Waals surface area contributed by atoms with Crippen LogP contribution in [0.5, 0.6) is 5.75 Å². The van der Waals surface area contributed by atoms with Crippen LogP contribution in [0.4, 0.5) is 0 Å². The molecule has 1 atom stereocenters. The number of amides is 2. The lowest BCUT2D eigenvalue weighted by atomic mass is 10.0. The second-order valence-corrected chi connectivity index (χ2v) is 8.61. The number of halogens is 1. The highest BCUT2D eigenvalue weighted by molar-refractivity contribution is 6.30. The molecule has 1 N–H and O–H groups in total. The number of ether oxygens (including phenoxy) is 1. The van der Waals surface area contributed by atoms with E-state index in [9.17, 15) is 9.59 Å². The summed E-state index contributed by atoms with van der Waals surface area (Å²) in [5, 5.41) is 3.57. The standard InChI is InChI=1S/C28H31ClN2O3/c1-3-15-30-28(33)26(18-21-9-5-4-6-10-21)31(20-23-12-8-14-25(17-23)34-2)27(32)19-22-11-7-13-24(29)16-22/h4-14,16-17,26H,3,15,18-20H2,1-2H3,(H,30,33). The fourth-order valence-corrected chi connectivity index (χ4v) is 4.02. The molecular weight excluding hydrogens is 448 g/mol. The fourth-order valence-electron chi connectivity index (χ4n) is 3.81. The second-order valence-electron chi connectivity index (χ2n) is 8.18. The lowest BCUT2D eigenvalue weighted by Gasteiger charge is -2.32. The van der Waals surface area contributed by atoms with Gasteiger partial charge in [0.15, 0.2) is 0 Å². The van der Waals surface area contributed by atoms with Crippen LogP contribution in [0.2, 0.25) is 5.02 Å². The molecule has 34 heavy (non-hydrogen) atoms. The van der Waals surface area contributed by atoms with Gasteiger partial charge in [-0.05, 0) is 47.4 Å². The number of carbonyl (C=O) groups excluding carboxylic acids is 2. The van der Waals surface area contributed by atoms with E-state index in [-0.39, 0.29) is 24.8 Å². The van der Waals surface area contributed by atoms with Gasteiger partial charge in [0, 0.05) is 24.5 Å². The van der Waals surface area contributed by atoms with Crippen LogP contribution in [0.3, 0.4) is 0 Å². The third-order valence-corrected chi connectivity index (χ3v) is 5.79. The van der Waals surface area contributed by atoms with Crippen LogP contribution in [-0.2, 0) is 29.0 Å². The molecule has 178 valence electrons. The first kappa shape index (κ1) is 25.3. The van der Waals surface area contributed by atoms with Gasteiger partial charge in [0.25, 0.3) is 0 Å². The molecule has 0 aliphatic rings.